The average molecular weight is 442 g/mol. The normalized spacial score (nSPS) is 11.8. The molecule has 2 heterocycles. The summed E-state index contributed by atoms with van der Waals surface area (Å²) in [7, 11) is -3.51. The van der Waals surface area contributed by atoms with Crippen molar-refractivity contribution in [3.63, 3.8) is 0 Å². The lowest BCUT2D eigenvalue weighted by atomic mass is 10.2. The SMILES string of the molecule is Cc1ccc(S(=O)(=O)Cc2cc3c(Br)cccc3n2-c2ncccn2)cc1. The van der Waals surface area contributed by atoms with Crippen LogP contribution in [0, 0.1) is 6.92 Å². The van der Waals surface area contributed by atoms with Crippen LogP contribution in [0.1, 0.15) is 11.3 Å². The van der Waals surface area contributed by atoms with Crippen LogP contribution in [0.5, 0.6) is 0 Å². The van der Waals surface area contributed by atoms with Crippen molar-refractivity contribution in [2.24, 2.45) is 0 Å². The van der Waals surface area contributed by atoms with Gasteiger partial charge in [-0.25, -0.2) is 18.4 Å². The Morgan fingerprint density at radius 3 is 2.41 bits per heavy atom. The standard InChI is InChI=1S/C20H16BrN3O2S/c1-14-6-8-16(9-7-14)27(25,26)13-15-12-17-18(21)4-2-5-19(17)24(15)20-22-10-3-11-23-20/h2-12H,13H2,1H3. The molecule has 4 rings (SSSR count). The van der Waals surface area contributed by atoms with Gasteiger partial charge < -0.3 is 0 Å². The van der Waals surface area contributed by atoms with Crippen LogP contribution in [-0.2, 0) is 15.6 Å². The molecule has 0 radical (unpaired) electrons. The van der Waals surface area contributed by atoms with E-state index in [-0.39, 0.29) is 5.75 Å². The van der Waals surface area contributed by atoms with Crippen LogP contribution in [-0.4, -0.2) is 23.0 Å². The third-order valence-corrected chi connectivity index (χ3v) is 6.70. The number of aryl methyl sites for hydroxylation is 1. The number of benzene rings is 2. The van der Waals surface area contributed by atoms with Crippen LogP contribution in [0.25, 0.3) is 16.9 Å². The van der Waals surface area contributed by atoms with E-state index in [0.29, 0.717) is 16.5 Å². The van der Waals surface area contributed by atoms with Crippen molar-refractivity contribution in [2.75, 3.05) is 0 Å². The van der Waals surface area contributed by atoms with Gasteiger partial charge in [-0.1, -0.05) is 39.7 Å². The molecule has 0 aliphatic heterocycles. The first-order chi connectivity index (χ1) is 13.0. The van der Waals surface area contributed by atoms with Gasteiger partial charge in [-0.2, -0.15) is 0 Å². The number of sulfone groups is 1. The fourth-order valence-electron chi connectivity index (χ4n) is 3.02. The Kier molecular flexibility index (Phi) is 4.57. The molecule has 0 N–H and O–H groups in total. The minimum atomic E-state index is -3.51. The number of rotatable bonds is 4. The molecule has 0 spiro atoms. The van der Waals surface area contributed by atoms with Crippen LogP contribution in [0.3, 0.4) is 0 Å². The lowest BCUT2D eigenvalue weighted by Gasteiger charge is -2.10. The fourth-order valence-corrected chi connectivity index (χ4v) is 4.81. The summed E-state index contributed by atoms with van der Waals surface area (Å²) in [6.07, 6.45) is 3.29. The molecule has 0 amide bonds. The Balaban J connectivity index is 1.89. The molecule has 7 heteroatoms. The zero-order valence-corrected chi connectivity index (χ0v) is 16.9. The second kappa shape index (κ2) is 6.90. The Morgan fingerprint density at radius 1 is 1.00 bits per heavy atom. The zero-order chi connectivity index (χ0) is 19.0. The van der Waals surface area contributed by atoms with E-state index in [1.165, 1.54) is 0 Å². The first kappa shape index (κ1) is 17.9. The molecule has 27 heavy (non-hydrogen) atoms. The summed E-state index contributed by atoms with van der Waals surface area (Å²) in [5.74, 6) is 0.301. The number of nitrogens with zero attached hydrogens (tertiary/aromatic N) is 3. The summed E-state index contributed by atoms with van der Waals surface area (Å²) < 4.78 is 28.7. The first-order valence-corrected chi connectivity index (χ1v) is 10.8. The highest BCUT2D eigenvalue weighted by atomic mass is 79.9. The van der Waals surface area contributed by atoms with Crippen molar-refractivity contribution in [2.45, 2.75) is 17.6 Å². The zero-order valence-electron chi connectivity index (χ0n) is 14.5. The van der Waals surface area contributed by atoms with Crippen molar-refractivity contribution >= 4 is 36.7 Å². The molecule has 4 aromatic rings. The number of fused-ring (bicyclic) bond motifs is 1. The minimum Gasteiger partial charge on any atom is -0.281 e. The molecule has 0 fully saturated rings. The van der Waals surface area contributed by atoms with Gasteiger partial charge in [-0.15, -0.1) is 0 Å². The van der Waals surface area contributed by atoms with Gasteiger partial charge in [0.05, 0.1) is 16.2 Å². The molecule has 2 aromatic carbocycles. The summed E-state index contributed by atoms with van der Waals surface area (Å²) in [6, 6.07) is 16.3. The molecule has 0 aliphatic rings. The summed E-state index contributed by atoms with van der Waals surface area (Å²) in [4.78, 5) is 8.94. The minimum absolute atomic E-state index is 0.143. The number of hydrogen-bond acceptors (Lipinski definition) is 4. The highest BCUT2D eigenvalue weighted by Crippen LogP contribution is 2.30. The van der Waals surface area contributed by atoms with E-state index in [1.807, 2.05) is 31.2 Å². The smallest absolute Gasteiger partial charge is 0.234 e. The van der Waals surface area contributed by atoms with Gasteiger partial charge in [0.25, 0.3) is 0 Å². The monoisotopic (exact) mass is 441 g/mol. The lowest BCUT2D eigenvalue weighted by molar-refractivity contribution is 0.594. The van der Waals surface area contributed by atoms with Crippen LogP contribution < -0.4 is 0 Å². The molecular weight excluding hydrogens is 426 g/mol. The summed E-state index contributed by atoms with van der Waals surface area (Å²) in [5.41, 5.74) is 2.48. The molecule has 0 aliphatic carbocycles. The summed E-state index contributed by atoms with van der Waals surface area (Å²) in [6.45, 7) is 1.93. The summed E-state index contributed by atoms with van der Waals surface area (Å²) in [5, 5.41) is 0.916. The van der Waals surface area contributed by atoms with E-state index < -0.39 is 9.84 Å². The maximum atomic E-state index is 13.0. The number of aromatic nitrogens is 3. The Morgan fingerprint density at radius 2 is 1.70 bits per heavy atom. The van der Waals surface area contributed by atoms with E-state index in [2.05, 4.69) is 25.9 Å². The van der Waals surface area contributed by atoms with Crippen LogP contribution >= 0.6 is 15.9 Å². The predicted octanol–water partition coefficient (Wildman–Crippen LogP) is 4.47. The second-order valence-corrected chi connectivity index (χ2v) is 9.11. The van der Waals surface area contributed by atoms with Crippen LogP contribution in [0.15, 0.2) is 76.4 Å². The average Bonchev–Trinajstić information content (AvgIpc) is 3.01. The molecule has 0 saturated carbocycles. The first-order valence-electron chi connectivity index (χ1n) is 8.31. The van der Waals surface area contributed by atoms with Gasteiger partial charge >= 0.3 is 0 Å². The fraction of sp³-hybridized carbons (Fsp3) is 0.100. The second-order valence-electron chi connectivity index (χ2n) is 6.26. The number of halogens is 1. The van der Waals surface area contributed by atoms with E-state index >= 15 is 0 Å². The summed E-state index contributed by atoms with van der Waals surface area (Å²) >= 11 is 3.55. The molecule has 2 aromatic heterocycles. The topological polar surface area (TPSA) is 64.8 Å². The van der Waals surface area contributed by atoms with Gasteiger partial charge in [0, 0.05) is 27.9 Å². The van der Waals surface area contributed by atoms with Crippen molar-refractivity contribution < 1.29 is 8.42 Å². The van der Waals surface area contributed by atoms with Crippen molar-refractivity contribution in [1.29, 1.82) is 0 Å². The molecule has 5 nitrogen and oxygen atoms in total. The molecule has 136 valence electrons. The number of hydrogen-bond donors (Lipinski definition) is 0. The van der Waals surface area contributed by atoms with Gasteiger partial charge in [-0.3, -0.25) is 4.57 Å². The van der Waals surface area contributed by atoms with Gasteiger partial charge in [-0.05, 0) is 43.3 Å². The Hall–Kier alpha value is -2.51. The van der Waals surface area contributed by atoms with E-state index in [0.717, 1.165) is 20.9 Å². The third kappa shape index (κ3) is 3.40. The Bertz CT molecular complexity index is 1220. The highest BCUT2D eigenvalue weighted by Gasteiger charge is 2.21. The van der Waals surface area contributed by atoms with Crippen molar-refractivity contribution in [3.8, 4) is 5.95 Å². The maximum Gasteiger partial charge on any atom is 0.234 e. The lowest BCUT2D eigenvalue weighted by Crippen LogP contribution is -2.11. The van der Waals surface area contributed by atoms with E-state index in [4.69, 9.17) is 0 Å². The highest BCUT2D eigenvalue weighted by molar-refractivity contribution is 9.10. The van der Waals surface area contributed by atoms with E-state index in [9.17, 15) is 8.42 Å². The van der Waals surface area contributed by atoms with Crippen LogP contribution in [0.2, 0.25) is 0 Å². The maximum absolute atomic E-state index is 13.0. The Labute approximate surface area is 165 Å². The van der Waals surface area contributed by atoms with Gasteiger partial charge in [0.2, 0.25) is 5.95 Å². The predicted molar refractivity (Wildman–Crippen MR) is 109 cm³/mol. The third-order valence-electron chi connectivity index (χ3n) is 4.34. The van der Waals surface area contributed by atoms with Crippen LogP contribution in [0.4, 0.5) is 0 Å². The van der Waals surface area contributed by atoms with Gasteiger partial charge in [0.1, 0.15) is 0 Å². The molecule has 0 unspecified atom stereocenters. The largest absolute Gasteiger partial charge is 0.281 e. The molecule has 0 atom stereocenters. The quantitative estimate of drug-likeness (QED) is 0.468. The van der Waals surface area contributed by atoms with Crippen molar-refractivity contribution in [1.82, 2.24) is 14.5 Å². The van der Waals surface area contributed by atoms with E-state index in [1.54, 1.807) is 47.3 Å². The molecule has 0 bridgehead atoms. The molecule has 0 saturated heterocycles. The molecular formula is C20H16BrN3O2S. The van der Waals surface area contributed by atoms with Gasteiger partial charge in [0.15, 0.2) is 9.84 Å². The van der Waals surface area contributed by atoms with Crippen molar-refractivity contribution in [3.05, 3.63) is 82.7 Å².